The first-order valence-corrected chi connectivity index (χ1v) is 8.11. The normalized spacial score (nSPS) is 33.0. The lowest BCUT2D eigenvalue weighted by molar-refractivity contribution is 0.0891. The van der Waals surface area contributed by atoms with Crippen LogP contribution in [0.1, 0.15) is 44.9 Å². The molecule has 18 heavy (non-hydrogen) atoms. The van der Waals surface area contributed by atoms with Crippen LogP contribution in [0.25, 0.3) is 0 Å². The zero-order valence-electron chi connectivity index (χ0n) is 11.7. The lowest BCUT2D eigenvalue weighted by atomic mass is 9.99. The summed E-state index contributed by atoms with van der Waals surface area (Å²) in [6.45, 7) is 7.95. The van der Waals surface area contributed by atoms with Crippen LogP contribution in [0.3, 0.4) is 0 Å². The van der Waals surface area contributed by atoms with Gasteiger partial charge in [-0.1, -0.05) is 6.42 Å². The molecule has 0 bridgehead atoms. The predicted octanol–water partition coefficient (Wildman–Crippen LogP) is 1.69. The van der Waals surface area contributed by atoms with Gasteiger partial charge in [0.25, 0.3) is 0 Å². The Morgan fingerprint density at radius 1 is 0.833 bits per heavy atom. The lowest BCUT2D eigenvalue weighted by Gasteiger charge is -2.40. The first-order valence-electron chi connectivity index (χ1n) is 8.11. The fourth-order valence-corrected chi connectivity index (χ4v) is 3.97. The van der Waals surface area contributed by atoms with E-state index in [1.54, 1.807) is 0 Å². The van der Waals surface area contributed by atoms with Crippen molar-refractivity contribution in [1.82, 2.24) is 15.1 Å². The number of likely N-dealkylation sites (tertiary alicyclic amines) is 2. The second-order valence-corrected chi connectivity index (χ2v) is 6.42. The monoisotopic (exact) mass is 251 g/mol. The molecule has 1 N–H and O–H groups in total. The third-order valence-corrected chi connectivity index (χ3v) is 5.11. The van der Waals surface area contributed by atoms with Gasteiger partial charge in [-0.25, -0.2) is 0 Å². The summed E-state index contributed by atoms with van der Waals surface area (Å²) in [5.74, 6) is 0. The number of rotatable bonds is 3. The van der Waals surface area contributed by atoms with Gasteiger partial charge in [0.1, 0.15) is 0 Å². The maximum atomic E-state index is 3.63. The Bertz CT molecular complexity index is 236. The molecule has 0 aromatic carbocycles. The molecule has 0 unspecified atom stereocenters. The fraction of sp³-hybridized carbons (Fsp3) is 1.00. The summed E-state index contributed by atoms with van der Waals surface area (Å²) in [7, 11) is 0. The van der Waals surface area contributed by atoms with E-state index < -0.39 is 0 Å². The van der Waals surface area contributed by atoms with Crippen LogP contribution in [0.4, 0.5) is 0 Å². The van der Waals surface area contributed by atoms with Gasteiger partial charge < -0.3 is 15.1 Å². The number of nitrogens with zero attached hydrogens (tertiary/aromatic N) is 2. The molecule has 3 saturated heterocycles. The van der Waals surface area contributed by atoms with Gasteiger partial charge in [0.05, 0.1) is 0 Å². The molecular weight excluding hydrogens is 222 g/mol. The van der Waals surface area contributed by atoms with Crippen molar-refractivity contribution in [3.63, 3.8) is 0 Å². The molecule has 3 heteroatoms. The highest BCUT2D eigenvalue weighted by atomic mass is 15.2. The summed E-state index contributed by atoms with van der Waals surface area (Å²) >= 11 is 0. The van der Waals surface area contributed by atoms with Gasteiger partial charge in [-0.15, -0.1) is 0 Å². The molecule has 3 aliphatic heterocycles. The highest BCUT2D eigenvalue weighted by Crippen LogP contribution is 2.21. The summed E-state index contributed by atoms with van der Waals surface area (Å²) in [6, 6.07) is 1.69. The average Bonchev–Trinajstić information content (AvgIpc) is 2.94. The summed E-state index contributed by atoms with van der Waals surface area (Å²) in [6.07, 6.45) is 9.93. The van der Waals surface area contributed by atoms with Crippen molar-refractivity contribution in [2.45, 2.75) is 57.0 Å². The first-order chi connectivity index (χ1) is 8.92. The van der Waals surface area contributed by atoms with Gasteiger partial charge in [0, 0.05) is 18.6 Å². The molecule has 0 aromatic rings. The van der Waals surface area contributed by atoms with Gasteiger partial charge in [0.15, 0.2) is 0 Å². The molecule has 0 saturated carbocycles. The summed E-state index contributed by atoms with van der Waals surface area (Å²) in [5, 5.41) is 3.63. The Labute approximate surface area is 112 Å². The smallest absolute Gasteiger partial charge is 0.0195 e. The van der Waals surface area contributed by atoms with E-state index in [0.29, 0.717) is 0 Å². The molecule has 3 rings (SSSR count). The summed E-state index contributed by atoms with van der Waals surface area (Å²) in [5.41, 5.74) is 0. The second kappa shape index (κ2) is 6.36. The van der Waals surface area contributed by atoms with Crippen molar-refractivity contribution < 1.29 is 0 Å². The Kier molecular flexibility index (Phi) is 4.55. The Morgan fingerprint density at radius 3 is 2.28 bits per heavy atom. The van der Waals surface area contributed by atoms with Crippen LogP contribution >= 0.6 is 0 Å². The largest absolute Gasteiger partial charge is 0.313 e. The van der Waals surface area contributed by atoms with Gasteiger partial charge >= 0.3 is 0 Å². The van der Waals surface area contributed by atoms with Crippen LogP contribution < -0.4 is 5.32 Å². The van der Waals surface area contributed by atoms with E-state index >= 15 is 0 Å². The van der Waals surface area contributed by atoms with Gasteiger partial charge in [-0.3, -0.25) is 0 Å². The van der Waals surface area contributed by atoms with E-state index in [4.69, 9.17) is 0 Å². The van der Waals surface area contributed by atoms with Gasteiger partial charge in [-0.2, -0.15) is 0 Å². The molecular formula is C15H29N3. The SMILES string of the molecule is C1CCN(C2CCN(C[C@H]3CCCN3)CC2)CC1. The van der Waals surface area contributed by atoms with Crippen LogP contribution in [0.2, 0.25) is 0 Å². The molecule has 3 aliphatic rings. The fourth-order valence-electron chi connectivity index (χ4n) is 3.97. The number of hydrogen-bond acceptors (Lipinski definition) is 3. The van der Waals surface area contributed by atoms with Crippen molar-refractivity contribution >= 4 is 0 Å². The highest BCUT2D eigenvalue weighted by molar-refractivity contribution is 4.84. The minimum absolute atomic E-state index is 0.788. The molecule has 0 spiro atoms. The first kappa shape index (κ1) is 12.9. The van der Waals surface area contributed by atoms with Crippen molar-refractivity contribution in [2.75, 3.05) is 39.3 Å². The average molecular weight is 251 g/mol. The van der Waals surface area contributed by atoms with Crippen molar-refractivity contribution in [2.24, 2.45) is 0 Å². The van der Waals surface area contributed by atoms with Crippen LogP contribution in [-0.2, 0) is 0 Å². The molecule has 104 valence electrons. The Morgan fingerprint density at radius 2 is 1.61 bits per heavy atom. The third-order valence-electron chi connectivity index (χ3n) is 5.11. The zero-order valence-corrected chi connectivity index (χ0v) is 11.7. The van der Waals surface area contributed by atoms with E-state index in [1.165, 1.54) is 84.2 Å². The molecule has 3 fully saturated rings. The summed E-state index contributed by atoms with van der Waals surface area (Å²) < 4.78 is 0. The third kappa shape index (κ3) is 3.25. The van der Waals surface area contributed by atoms with Crippen LogP contribution in [0.15, 0.2) is 0 Å². The van der Waals surface area contributed by atoms with E-state index in [2.05, 4.69) is 15.1 Å². The molecule has 3 heterocycles. The molecule has 1 atom stereocenters. The van der Waals surface area contributed by atoms with E-state index in [0.717, 1.165) is 12.1 Å². The molecule has 0 aliphatic carbocycles. The van der Waals surface area contributed by atoms with E-state index in [1.807, 2.05) is 0 Å². The maximum Gasteiger partial charge on any atom is 0.0195 e. The van der Waals surface area contributed by atoms with Gasteiger partial charge in [0.2, 0.25) is 0 Å². The van der Waals surface area contributed by atoms with Crippen LogP contribution in [-0.4, -0.2) is 61.2 Å². The molecule has 3 nitrogen and oxygen atoms in total. The zero-order chi connectivity index (χ0) is 12.2. The number of hydrogen-bond donors (Lipinski definition) is 1. The minimum Gasteiger partial charge on any atom is -0.313 e. The standard InChI is InChI=1S/C15H29N3/c1-2-9-18(10-3-1)15-6-11-17(12-7-15)13-14-5-4-8-16-14/h14-16H,1-13H2/t14-/m1/s1. The predicted molar refractivity (Wildman–Crippen MR) is 75.9 cm³/mol. The molecule has 0 aromatic heterocycles. The summed E-state index contributed by atoms with van der Waals surface area (Å²) in [4.78, 5) is 5.47. The number of piperidine rings is 2. The highest BCUT2D eigenvalue weighted by Gasteiger charge is 2.27. The van der Waals surface area contributed by atoms with Crippen molar-refractivity contribution in [3.05, 3.63) is 0 Å². The topological polar surface area (TPSA) is 18.5 Å². The van der Waals surface area contributed by atoms with Crippen LogP contribution in [0, 0.1) is 0 Å². The molecule has 0 radical (unpaired) electrons. The van der Waals surface area contributed by atoms with E-state index in [-0.39, 0.29) is 0 Å². The quantitative estimate of drug-likeness (QED) is 0.823. The minimum atomic E-state index is 0.788. The Hall–Kier alpha value is -0.120. The Balaban J connectivity index is 1.40. The molecule has 0 amide bonds. The lowest BCUT2D eigenvalue weighted by Crippen LogP contribution is -2.48. The van der Waals surface area contributed by atoms with Gasteiger partial charge in [-0.05, 0) is 71.2 Å². The van der Waals surface area contributed by atoms with Crippen molar-refractivity contribution in [1.29, 1.82) is 0 Å². The van der Waals surface area contributed by atoms with E-state index in [9.17, 15) is 0 Å². The van der Waals surface area contributed by atoms with Crippen molar-refractivity contribution in [3.8, 4) is 0 Å². The second-order valence-electron chi connectivity index (χ2n) is 6.42. The maximum absolute atomic E-state index is 3.63. The van der Waals surface area contributed by atoms with Crippen LogP contribution in [0.5, 0.6) is 0 Å². The number of nitrogens with one attached hydrogen (secondary N) is 1.